The molecule has 0 bridgehead atoms. The van der Waals surface area contributed by atoms with E-state index < -0.39 is 0 Å². The minimum atomic E-state index is -0.380. The molecule has 0 aliphatic carbocycles. The van der Waals surface area contributed by atoms with E-state index in [1.54, 1.807) is 6.92 Å². The first-order valence-corrected chi connectivity index (χ1v) is 6.62. The Bertz CT molecular complexity index is 431. The smallest absolute Gasteiger partial charge is 0.318 e. The molecule has 0 aromatic carbocycles. The molecule has 0 fully saturated rings. The normalized spacial score (nSPS) is 12.2. The first-order chi connectivity index (χ1) is 7.93. The number of rotatable bonds is 5. The van der Waals surface area contributed by atoms with Crippen molar-refractivity contribution in [1.82, 2.24) is 4.98 Å². The molecule has 5 nitrogen and oxygen atoms in total. The Morgan fingerprint density at radius 1 is 1.59 bits per heavy atom. The number of hydrogen-bond donors (Lipinski definition) is 1. The van der Waals surface area contributed by atoms with E-state index in [1.165, 1.54) is 30.2 Å². The molecule has 1 heterocycles. The number of carbonyl (C=O) groups excluding carboxylic acids is 2. The molecule has 0 spiro atoms. The van der Waals surface area contributed by atoms with Gasteiger partial charge in [-0.15, -0.1) is 11.3 Å². The van der Waals surface area contributed by atoms with Crippen molar-refractivity contribution in [3.05, 3.63) is 10.6 Å². The van der Waals surface area contributed by atoms with Crippen LogP contribution in [-0.2, 0) is 20.7 Å². The predicted octanol–water partition coefficient (Wildman–Crippen LogP) is 1.13. The van der Waals surface area contributed by atoms with Crippen LogP contribution in [0.3, 0.4) is 0 Å². The van der Waals surface area contributed by atoms with Crippen molar-refractivity contribution in [3.8, 4) is 0 Å². The molecule has 1 atom stereocenters. The Balaban J connectivity index is 2.73. The fourth-order valence-electron chi connectivity index (χ4n) is 1.14. The quantitative estimate of drug-likeness (QED) is 0.643. The maximum Gasteiger partial charge on any atom is 0.318 e. The molecular formula is C10H14N2O3S2. The summed E-state index contributed by atoms with van der Waals surface area (Å²) in [7, 11) is 1.35. The number of thioether (sulfide) groups is 1. The van der Waals surface area contributed by atoms with E-state index in [2.05, 4.69) is 9.72 Å². The standard InChI is InChI=1S/C10H14N2O3S2/c1-5-7(4-8(11)13)17-10(12-5)16-6(2)9(14)15-3/h6H,4H2,1-3H3,(H2,11,13). The molecule has 17 heavy (non-hydrogen) atoms. The maximum atomic E-state index is 11.2. The summed E-state index contributed by atoms with van der Waals surface area (Å²) in [6, 6.07) is 0. The lowest BCUT2D eigenvalue weighted by Gasteiger charge is -2.05. The van der Waals surface area contributed by atoms with Gasteiger partial charge in [-0.2, -0.15) is 0 Å². The van der Waals surface area contributed by atoms with Crippen molar-refractivity contribution in [2.45, 2.75) is 29.9 Å². The van der Waals surface area contributed by atoms with Gasteiger partial charge in [0, 0.05) is 4.88 Å². The molecule has 1 aromatic rings. The summed E-state index contributed by atoms with van der Waals surface area (Å²) in [4.78, 5) is 27.2. The average Bonchev–Trinajstić information content (AvgIpc) is 2.57. The average molecular weight is 274 g/mol. The zero-order chi connectivity index (χ0) is 13.0. The number of aromatic nitrogens is 1. The summed E-state index contributed by atoms with van der Waals surface area (Å²) >= 11 is 2.71. The van der Waals surface area contributed by atoms with Crippen molar-refractivity contribution in [3.63, 3.8) is 0 Å². The van der Waals surface area contributed by atoms with Gasteiger partial charge in [-0.1, -0.05) is 11.8 Å². The Hall–Kier alpha value is -1.08. The fraction of sp³-hybridized carbons (Fsp3) is 0.500. The van der Waals surface area contributed by atoms with Crippen molar-refractivity contribution in [2.24, 2.45) is 5.73 Å². The van der Waals surface area contributed by atoms with Crippen LogP contribution in [-0.4, -0.2) is 29.2 Å². The van der Waals surface area contributed by atoms with Crippen LogP contribution in [0.15, 0.2) is 4.34 Å². The second-order valence-electron chi connectivity index (χ2n) is 3.41. The number of primary amides is 1. The number of aryl methyl sites for hydroxylation is 1. The van der Waals surface area contributed by atoms with E-state index in [4.69, 9.17) is 5.73 Å². The van der Waals surface area contributed by atoms with Crippen LogP contribution in [0.2, 0.25) is 0 Å². The van der Waals surface area contributed by atoms with Crippen molar-refractivity contribution in [2.75, 3.05) is 7.11 Å². The number of thiazole rings is 1. The van der Waals surface area contributed by atoms with Gasteiger partial charge < -0.3 is 10.5 Å². The largest absolute Gasteiger partial charge is 0.468 e. The molecular weight excluding hydrogens is 260 g/mol. The molecule has 1 rings (SSSR count). The van der Waals surface area contributed by atoms with Gasteiger partial charge in [0.2, 0.25) is 5.91 Å². The van der Waals surface area contributed by atoms with E-state index in [0.29, 0.717) is 0 Å². The maximum absolute atomic E-state index is 11.2. The first-order valence-electron chi connectivity index (χ1n) is 4.93. The van der Waals surface area contributed by atoms with Gasteiger partial charge in [0.25, 0.3) is 0 Å². The lowest BCUT2D eigenvalue weighted by molar-refractivity contribution is -0.139. The molecule has 0 aliphatic rings. The van der Waals surface area contributed by atoms with Gasteiger partial charge in [-0.3, -0.25) is 9.59 Å². The van der Waals surface area contributed by atoms with E-state index in [9.17, 15) is 9.59 Å². The number of nitrogens with zero attached hydrogens (tertiary/aromatic N) is 1. The van der Waals surface area contributed by atoms with Crippen LogP contribution in [0.1, 0.15) is 17.5 Å². The van der Waals surface area contributed by atoms with Crippen LogP contribution in [0.5, 0.6) is 0 Å². The second-order valence-corrected chi connectivity index (χ2v) is 6.09. The molecule has 1 unspecified atom stereocenters. The monoisotopic (exact) mass is 274 g/mol. The summed E-state index contributed by atoms with van der Waals surface area (Å²) in [5.41, 5.74) is 5.92. The summed E-state index contributed by atoms with van der Waals surface area (Å²) < 4.78 is 5.38. The van der Waals surface area contributed by atoms with Crippen molar-refractivity contribution >= 4 is 35.0 Å². The Labute approximate surface area is 108 Å². The SMILES string of the molecule is COC(=O)C(C)Sc1nc(C)c(CC(N)=O)s1. The van der Waals surface area contributed by atoms with Gasteiger partial charge in [0.15, 0.2) is 4.34 Å². The predicted molar refractivity (Wildman–Crippen MR) is 67.1 cm³/mol. The number of ether oxygens (including phenoxy) is 1. The van der Waals surface area contributed by atoms with Gasteiger partial charge in [-0.05, 0) is 13.8 Å². The van der Waals surface area contributed by atoms with Crippen LogP contribution < -0.4 is 5.73 Å². The lowest BCUT2D eigenvalue weighted by Crippen LogP contribution is -2.14. The van der Waals surface area contributed by atoms with Gasteiger partial charge in [-0.25, -0.2) is 4.98 Å². The molecule has 7 heteroatoms. The molecule has 2 N–H and O–H groups in total. The van der Waals surface area contributed by atoms with Gasteiger partial charge in [0.05, 0.1) is 19.2 Å². The summed E-state index contributed by atoms with van der Waals surface area (Å²) in [6.45, 7) is 3.57. The third-order valence-electron chi connectivity index (χ3n) is 2.02. The molecule has 1 aromatic heterocycles. The highest BCUT2D eigenvalue weighted by atomic mass is 32.2. The number of amides is 1. The van der Waals surface area contributed by atoms with E-state index in [0.717, 1.165) is 14.9 Å². The summed E-state index contributed by atoms with van der Waals surface area (Å²) in [5.74, 6) is -0.673. The fourth-order valence-corrected chi connectivity index (χ4v) is 3.55. The minimum absolute atomic E-state index is 0.191. The van der Waals surface area contributed by atoms with E-state index in [-0.39, 0.29) is 23.5 Å². The van der Waals surface area contributed by atoms with E-state index >= 15 is 0 Å². The zero-order valence-electron chi connectivity index (χ0n) is 9.85. The molecule has 0 saturated carbocycles. The highest BCUT2D eigenvalue weighted by Gasteiger charge is 2.18. The number of hydrogen-bond acceptors (Lipinski definition) is 6. The number of carbonyl (C=O) groups is 2. The Morgan fingerprint density at radius 3 is 2.76 bits per heavy atom. The second kappa shape index (κ2) is 6.02. The van der Waals surface area contributed by atoms with Crippen molar-refractivity contribution in [1.29, 1.82) is 0 Å². The van der Waals surface area contributed by atoms with Crippen molar-refractivity contribution < 1.29 is 14.3 Å². The number of esters is 1. The topological polar surface area (TPSA) is 82.3 Å². The third kappa shape index (κ3) is 4.01. The molecule has 94 valence electrons. The number of nitrogens with two attached hydrogens (primary N) is 1. The van der Waals surface area contributed by atoms with E-state index in [1.807, 2.05) is 6.92 Å². The minimum Gasteiger partial charge on any atom is -0.468 e. The highest BCUT2D eigenvalue weighted by Crippen LogP contribution is 2.30. The molecule has 0 aliphatic heterocycles. The summed E-state index contributed by atoms with van der Waals surface area (Å²) in [6.07, 6.45) is 0.191. The molecule has 1 amide bonds. The number of methoxy groups -OCH3 is 1. The Kier molecular flexibility index (Phi) is 4.95. The Morgan fingerprint density at radius 2 is 2.24 bits per heavy atom. The van der Waals surface area contributed by atoms with Crippen LogP contribution in [0.4, 0.5) is 0 Å². The lowest BCUT2D eigenvalue weighted by atomic mass is 10.3. The third-order valence-corrected chi connectivity index (χ3v) is 4.35. The highest BCUT2D eigenvalue weighted by molar-refractivity contribution is 8.02. The van der Waals surface area contributed by atoms with Crippen LogP contribution in [0, 0.1) is 6.92 Å². The van der Waals surface area contributed by atoms with Crippen LogP contribution in [0.25, 0.3) is 0 Å². The molecule has 0 radical (unpaired) electrons. The van der Waals surface area contributed by atoms with Crippen LogP contribution >= 0.6 is 23.1 Å². The zero-order valence-corrected chi connectivity index (χ0v) is 11.5. The molecule has 0 saturated heterocycles. The summed E-state index contributed by atoms with van der Waals surface area (Å²) in [5, 5.41) is -0.313. The first kappa shape index (κ1) is 14.0. The van der Waals surface area contributed by atoms with Gasteiger partial charge in [0.1, 0.15) is 5.25 Å². The van der Waals surface area contributed by atoms with Gasteiger partial charge >= 0.3 is 5.97 Å².